The molecule has 2 aromatic carbocycles. The lowest BCUT2D eigenvalue weighted by Crippen LogP contribution is -2.12. The number of aryl methyl sites for hydroxylation is 1. The zero-order chi connectivity index (χ0) is 21.5. The van der Waals surface area contributed by atoms with Gasteiger partial charge in [-0.3, -0.25) is 4.79 Å². The molecule has 1 amide bonds. The van der Waals surface area contributed by atoms with Crippen LogP contribution in [-0.4, -0.2) is 36.3 Å². The van der Waals surface area contributed by atoms with Gasteiger partial charge in [-0.05, 0) is 48.0 Å². The molecule has 0 fully saturated rings. The first kappa shape index (κ1) is 19.3. The van der Waals surface area contributed by atoms with Gasteiger partial charge in [0.25, 0.3) is 5.91 Å². The van der Waals surface area contributed by atoms with E-state index in [-0.39, 0.29) is 11.7 Å². The maximum absolute atomic E-state index is 14.2. The standard InChI is InChI=1S/C20H13ClFN7OS/c1-10-17-13(22)3-2-4-15(17)31-18(10)20(30)23-16-7-8-29(26-16)14-6-5-11(21)9-12(14)19-24-27-28-25-19/h2-9H,1H3,(H,23,26,30)(H,24,25,27,28). The Balaban J connectivity index is 1.46. The van der Waals surface area contributed by atoms with Gasteiger partial charge in [0.2, 0.25) is 5.82 Å². The van der Waals surface area contributed by atoms with E-state index in [0.29, 0.717) is 43.7 Å². The summed E-state index contributed by atoms with van der Waals surface area (Å²) in [7, 11) is 0. The van der Waals surface area contributed by atoms with Crippen molar-refractivity contribution >= 4 is 44.7 Å². The Hall–Kier alpha value is -3.63. The third-order valence-electron chi connectivity index (χ3n) is 4.73. The molecule has 0 aliphatic heterocycles. The highest BCUT2D eigenvalue weighted by molar-refractivity contribution is 7.21. The third kappa shape index (κ3) is 3.45. The van der Waals surface area contributed by atoms with Crippen molar-refractivity contribution in [3.05, 3.63) is 69.9 Å². The molecule has 154 valence electrons. The Morgan fingerprint density at radius 2 is 2.13 bits per heavy atom. The monoisotopic (exact) mass is 453 g/mol. The summed E-state index contributed by atoms with van der Waals surface area (Å²) in [5.41, 5.74) is 1.89. The molecule has 0 spiro atoms. The lowest BCUT2D eigenvalue weighted by Gasteiger charge is -2.07. The number of hydrogen-bond acceptors (Lipinski definition) is 6. The average molecular weight is 454 g/mol. The number of tetrazole rings is 1. The lowest BCUT2D eigenvalue weighted by atomic mass is 10.1. The first-order valence-electron chi connectivity index (χ1n) is 9.09. The Labute approximate surface area is 183 Å². The van der Waals surface area contributed by atoms with Gasteiger partial charge in [-0.1, -0.05) is 17.7 Å². The summed E-state index contributed by atoms with van der Waals surface area (Å²) in [6.07, 6.45) is 1.69. The number of nitrogens with zero attached hydrogens (tertiary/aromatic N) is 5. The zero-order valence-corrected chi connectivity index (χ0v) is 17.5. The van der Waals surface area contributed by atoms with E-state index >= 15 is 0 Å². The summed E-state index contributed by atoms with van der Waals surface area (Å²) in [4.78, 5) is 13.3. The lowest BCUT2D eigenvalue weighted by molar-refractivity contribution is 0.102. The average Bonchev–Trinajstić information content (AvgIpc) is 3.49. The number of anilines is 1. The van der Waals surface area contributed by atoms with E-state index in [1.165, 1.54) is 17.4 Å². The van der Waals surface area contributed by atoms with Crippen molar-refractivity contribution in [1.82, 2.24) is 30.4 Å². The molecule has 2 N–H and O–H groups in total. The molecular formula is C20H13ClFN7OS. The van der Waals surface area contributed by atoms with Crippen LogP contribution in [0.15, 0.2) is 48.7 Å². The molecule has 0 aliphatic carbocycles. The summed E-state index contributed by atoms with van der Waals surface area (Å²) < 4.78 is 16.5. The second kappa shape index (κ2) is 7.56. The van der Waals surface area contributed by atoms with E-state index in [4.69, 9.17) is 11.6 Å². The Morgan fingerprint density at radius 1 is 1.26 bits per heavy atom. The van der Waals surface area contributed by atoms with Crippen molar-refractivity contribution < 1.29 is 9.18 Å². The molecule has 0 saturated carbocycles. The Kier molecular flexibility index (Phi) is 4.72. The predicted octanol–water partition coefficient (Wildman–Crippen LogP) is 4.62. The molecule has 3 aromatic heterocycles. The molecule has 5 aromatic rings. The zero-order valence-electron chi connectivity index (χ0n) is 15.9. The number of fused-ring (bicyclic) bond motifs is 1. The van der Waals surface area contributed by atoms with Crippen LogP contribution in [0.3, 0.4) is 0 Å². The highest BCUT2D eigenvalue weighted by Gasteiger charge is 2.19. The first-order valence-corrected chi connectivity index (χ1v) is 10.3. The van der Waals surface area contributed by atoms with Crippen LogP contribution >= 0.6 is 22.9 Å². The number of H-pyrrole nitrogens is 1. The smallest absolute Gasteiger partial charge is 0.267 e. The largest absolute Gasteiger partial charge is 0.304 e. The Bertz CT molecular complexity index is 1430. The van der Waals surface area contributed by atoms with E-state index in [1.54, 1.807) is 54.2 Å². The summed E-state index contributed by atoms with van der Waals surface area (Å²) >= 11 is 7.37. The van der Waals surface area contributed by atoms with Crippen molar-refractivity contribution in [2.24, 2.45) is 0 Å². The minimum atomic E-state index is -0.349. The quantitative estimate of drug-likeness (QED) is 0.413. The molecule has 0 atom stereocenters. The molecule has 0 bridgehead atoms. The number of aromatic amines is 1. The van der Waals surface area contributed by atoms with Crippen LogP contribution in [0, 0.1) is 12.7 Å². The van der Waals surface area contributed by atoms with E-state index < -0.39 is 0 Å². The summed E-state index contributed by atoms with van der Waals surface area (Å²) in [6.45, 7) is 1.74. The number of halogens is 2. The molecular weight excluding hydrogens is 441 g/mol. The van der Waals surface area contributed by atoms with Crippen molar-refractivity contribution in [3.63, 3.8) is 0 Å². The van der Waals surface area contributed by atoms with Crippen LogP contribution in [0.2, 0.25) is 5.02 Å². The fraction of sp³-hybridized carbons (Fsp3) is 0.0500. The highest BCUT2D eigenvalue weighted by atomic mass is 35.5. The van der Waals surface area contributed by atoms with Crippen molar-refractivity contribution in [2.75, 3.05) is 5.32 Å². The summed E-state index contributed by atoms with van der Waals surface area (Å²) in [5.74, 6) is 0.0158. The second-order valence-corrected chi connectivity index (χ2v) is 8.15. The predicted molar refractivity (Wildman–Crippen MR) is 116 cm³/mol. The SMILES string of the molecule is Cc1c(C(=O)Nc2ccn(-c3ccc(Cl)cc3-c3nn[nH]n3)n2)sc2cccc(F)c12. The number of aromatic nitrogens is 6. The topological polar surface area (TPSA) is 101 Å². The number of carbonyl (C=O) groups excluding carboxylic acids is 1. The maximum Gasteiger partial charge on any atom is 0.267 e. The van der Waals surface area contributed by atoms with Gasteiger partial charge in [0.05, 0.1) is 16.1 Å². The fourth-order valence-corrected chi connectivity index (χ4v) is 4.62. The number of amides is 1. The van der Waals surface area contributed by atoms with Gasteiger partial charge in [0, 0.05) is 27.4 Å². The third-order valence-corrected chi connectivity index (χ3v) is 6.22. The van der Waals surface area contributed by atoms with E-state index in [1.807, 2.05) is 0 Å². The number of thiophene rings is 1. The molecule has 31 heavy (non-hydrogen) atoms. The van der Waals surface area contributed by atoms with Crippen LogP contribution in [0.25, 0.3) is 27.2 Å². The van der Waals surface area contributed by atoms with Gasteiger partial charge in [0.1, 0.15) is 5.82 Å². The Morgan fingerprint density at radius 3 is 2.90 bits per heavy atom. The molecule has 3 heterocycles. The summed E-state index contributed by atoms with van der Waals surface area (Å²) in [5, 5.41) is 22.2. The maximum atomic E-state index is 14.2. The number of nitrogens with one attached hydrogen (secondary N) is 2. The van der Waals surface area contributed by atoms with Crippen LogP contribution in [-0.2, 0) is 0 Å². The normalized spacial score (nSPS) is 11.2. The molecule has 8 nitrogen and oxygen atoms in total. The second-order valence-electron chi connectivity index (χ2n) is 6.67. The van der Waals surface area contributed by atoms with Crippen molar-refractivity contribution in [3.8, 4) is 17.1 Å². The fourth-order valence-electron chi connectivity index (χ4n) is 3.33. The van der Waals surface area contributed by atoms with E-state index in [0.717, 1.165) is 4.70 Å². The minimum absolute atomic E-state index is 0.341. The van der Waals surface area contributed by atoms with Crippen LogP contribution in [0.4, 0.5) is 10.2 Å². The number of rotatable bonds is 4. The van der Waals surface area contributed by atoms with Crippen LogP contribution in [0.1, 0.15) is 15.2 Å². The van der Waals surface area contributed by atoms with Gasteiger partial charge in [-0.25, -0.2) is 9.07 Å². The van der Waals surface area contributed by atoms with Gasteiger partial charge < -0.3 is 5.32 Å². The first-order chi connectivity index (χ1) is 15.0. The highest BCUT2D eigenvalue weighted by Crippen LogP contribution is 2.33. The van der Waals surface area contributed by atoms with Gasteiger partial charge in [-0.15, -0.1) is 21.5 Å². The van der Waals surface area contributed by atoms with Gasteiger partial charge in [0.15, 0.2) is 5.82 Å². The van der Waals surface area contributed by atoms with E-state index in [9.17, 15) is 9.18 Å². The van der Waals surface area contributed by atoms with Crippen molar-refractivity contribution in [1.29, 1.82) is 0 Å². The molecule has 0 unspecified atom stereocenters. The van der Waals surface area contributed by atoms with Crippen molar-refractivity contribution in [2.45, 2.75) is 6.92 Å². The molecule has 0 aliphatic rings. The molecule has 0 saturated heterocycles. The minimum Gasteiger partial charge on any atom is -0.304 e. The summed E-state index contributed by atoms with van der Waals surface area (Å²) in [6, 6.07) is 11.7. The van der Waals surface area contributed by atoms with Crippen LogP contribution in [0.5, 0.6) is 0 Å². The van der Waals surface area contributed by atoms with Gasteiger partial charge in [-0.2, -0.15) is 10.3 Å². The van der Waals surface area contributed by atoms with Crippen LogP contribution < -0.4 is 5.32 Å². The molecule has 5 rings (SSSR count). The van der Waals surface area contributed by atoms with E-state index in [2.05, 4.69) is 31.0 Å². The number of carbonyl (C=O) groups is 1. The van der Waals surface area contributed by atoms with Gasteiger partial charge >= 0.3 is 0 Å². The number of hydrogen-bond donors (Lipinski definition) is 2. The molecule has 11 heteroatoms. The molecule has 0 radical (unpaired) electrons. The number of benzene rings is 2.